The molecule has 3 N–H and O–H groups in total. The van der Waals surface area contributed by atoms with E-state index in [1.54, 1.807) is 7.11 Å². The molecule has 0 spiro atoms. The Morgan fingerprint density at radius 3 is 2.84 bits per heavy atom. The van der Waals surface area contributed by atoms with Crippen molar-refractivity contribution in [2.45, 2.75) is 51.2 Å². The average Bonchev–Trinajstić information content (AvgIpc) is 3.21. The maximum absolute atomic E-state index is 5.36. The molecule has 2 unspecified atom stereocenters. The molecule has 0 bridgehead atoms. The first-order chi connectivity index (χ1) is 15.2. The summed E-state index contributed by atoms with van der Waals surface area (Å²) in [6.07, 6.45) is 6.89. The zero-order chi connectivity index (χ0) is 21.2. The maximum atomic E-state index is 5.36. The third-order valence-corrected chi connectivity index (χ3v) is 6.51. The number of pyridine rings is 1. The van der Waals surface area contributed by atoms with Crippen LogP contribution in [0.3, 0.4) is 0 Å². The molecular weight excluding hydrogens is 384 g/mol. The number of anilines is 1. The lowest BCUT2D eigenvalue weighted by Crippen LogP contribution is -2.38. The topological polar surface area (TPSA) is 62.0 Å². The number of ether oxygens (including phenoxy) is 1. The molecule has 1 aliphatic rings. The van der Waals surface area contributed by atoms with Crippen LogP contribution in [0.5, 0.6) is 5.75 Å². The van der Waals surface area contributed by atoms with Crippen LogP contribution in [0.2, 0.25) is 0 Å². The van der Waals surface area contributed by atoms with Gasteiger partial charge in [-0.15, -0.1) is 0 Å². The van der Waals surface area contributed by atoms with E-state index >= 15 is 0 Å². The molecule has 5 nitrogen and oxygen atoms in total. The number of rotatable bonds is 6. The molecule has 0 amide bonds. The third kappa shape index (κ3) is 4.23. The fraction of sp³-hybridized carbons (Fsp3) is 0.346. The highest BCUT2D eigenvalue weighted by Crippen LogP contribution is 2.27. The van der Waals surface area contributed by atoms with Gasteiger partial charge in [0.05, 0.1) is 12.6 Å². The van der Waals surface area contributed by atoms with Crippen LogP contribution in [0.1, 0.15) is 36.8 Å². The Hall–Kier alpha value is -3.05. The zero-order valence-corrected chi connectivity index (χ0v) is 18.2. The van der Waals surface area contributed by atoms with Crippen LogP contribution >= 0.6 is 0 Å². The smallest absolute Gasteiger partial charge is 0.127 e. The minimum atomic E-state index is 0.441. The zero-order valence-electron chi connectivity index (χ0n) is 18.2. The monoisotopic (exact) mass is 414 g/mol. The Kier molecular flexibility index (Phi) is 5.51. The fourth-order valence-electron chi connectivity index (χ4n) is 4.82. The molecule has 2 aromatic heterocycles. The van der Waals surface area contributed by atoms with E-state index in [9.17, 15) is 0 Å². The molecule has 2 heterocycles. The Labute approximate surface area is 183 Å². The first kappa shape index (κ1) is 19.9. The molecule has 1 fully saturated rings. The highest BCUT2D eigenvalue weighted by Gasteiger charge is 2.22. The summed E-state index contributed by atoms with van der Waals surface area (Å²) in [5.74, 6) is 1.84. The number of benzene rings is 2. The lowest BCUT2D eigenvalue weighted by atomic mass is 9.90. The van der Waals surface area contributed by atoms with E-state index in [0.29, 0.717) is 12.1 Å². The fourth-order valence-corrected chi connectivity index (χ4v) is 4.82. The molecule has 2 aromatic carbocycles. The molecule has 5 rings (SSSR count). The number of hydrogen-bond donors (Lipinski definition) is 3. The van der Waals surface area contributed by atoms with Crippen LogP contribution in [0.4, 0.5) is 5.82 Å². The molecule has 0 aliphatic heterocycles. The summed E-state index contributed by atoms with van der Waals surface area (Å²) in [4.78, 5) is 8.24. The van der Waals surface area contributed by atoms with Gasteiger partial charge in [0, 0.05) is 41.1 Å². The van der Waals surface area contributed by atoms with Crippen molar-refractivity contribution in [1.82, 2.24) is 15.3 Å². The van der Waals surface area contributed by atoms with Gasteiger partial charge in [0.25, 0.3) is 0 Å². The average molecular weight is 415 g/mol. The summed E-state index contributed by atoms with van der Waals surface area (Å²) in [5, 5.41) is 9.96. The molecule has 4 aromatic rings. The SMILES string of the molecule is COc1ccc2nc(NC3CCCC(NCc4c[nH]c5ccccc45)C3)cc(C)c2c1. The van der Waals surface area contributed by atoms with Crippen LogP contribution in [0, 0.1) is 6.92 Å². The minimum Gasteiger partial charge on any atom is -0.497 e. The summed E-state index contributed by atoms with van der Waals surface area (Å²) in [7, 11) is 1.70. The van der Waals surface area contributed by atoms with Gasteiger partial charge in [-0.1, -0.05) is 18.2 Å². The first-order valence-corrected chi connectivity index (χ1v) is 11.2. The highest BCUT2D eigenvalue weighted by atomic mass is 16.5. The summed E-state index contributed by atoms with van der Waals surface area (Å²) >= 11 is 0. The van der Waals surface area contributed by atoms with Crippen molar-refractivity contribution in [1.29, 1.82) is 0 Å². The van der Waals surface area contributed by atoms with Gasteiger partial charge < -0.3 is 20.4 Å². The predicted molar refractivity (Wildman–Crippen MR) is 128 cm³/mol. The molecule has 1 saturated carbocycles. The number of aromatic nitrogens is 2. The molecule has 0 saturated heterocycles. The van der Waals surface area contributed by atoms with Crippen molar-refractivity contribution in [3.8, 4) is 5.75 Å². The second-order valence-corrected chi connectivity index (χ2v) is 8.65. The van der Waals surface area contributed by atoms with Crippen LogP contribution in [-0.4, -0.2) is 29.2 Å². The molecule has 160 valence electrons. The molecule has 2 atom stereocenters. The van der Waals surface area contributed by atoms with E-state index in [0.717, 1.165) is 35.4 Å². The van der Waals surface area contributed by atoms with E-state index in [2.05, 4.69) is 65.1 Å². The molecular formula is C26H30N4O. The number of fused-ring (bicyclic) bond motifs is 2. The lowest BCUT2D eigenvalue weighted by Gasteiger charge is -2.31. The second-order valence-electron chi connectivity index (χ2n) is 8.65. The number of H-pyrrole nitrogens is 1. The minimum absolute atomic E-state index is 0.441. The van der Waals surface area contributed by atoms with Gasteiger partial charge in [-0.25, -0.2) is 4.98 Å². The first-order valence-electron chi connectivity index (χ1n) is 11.2. The lowest BCUT2D eigenvalue weighted by molar-refractivity contribution is 0.350. The molecule has 31 heavy (non-hydrogen) atoms. The van der Waals surface area contributed by atoms with Crippen molar-refractivity contribution in [2.24, 2.45) is 0 Å². The standard InChI is InChI=1S/C26H30N4O/c1-17-12-26(30-25-11-10-21(31-2)14-23(17)25)29-20-7-5-6-19(13-20)27-15-18-16-28-24-9-4-3-8-22(18)24/h3-4,8-12,14,16,19-20,27-28H,5-7,13,15H2,1-2H3,(H,29,30). The number of nitrogens with one attached hydrogen (secondary N) is 3. The number of aromatic amines is 1. The normalized spacial score (nSPS) is 19.0. The van der Waals surface area contributed by atoms with Crippen molar-refractivity contribution in [2.75, 3.05) is 12.4 Å². The van der Waals surface area contributed by atoms with Crippen LogP contribution < -0.4 is 15.4 Å². The number of hydrogen-bond acceptors (Lipinski definition) is 4. The quantitative estimate of drug-likeness (QED) is 0.387. The van der Waals surface area contributed by atoms with Crippen LogP contribution in [0.25, 0.3) is 21.8 Å². The Morgan fingerprint density at radius 1 is 1.06 bits per heavy atom. The molecule has 5 heteroatoms. The van der Waals surface area contributed by atoms with E-state index in [-0.39, 0.29) is 0 Å². The largest absolute Gasteiger partial charge is 0.497 e. The van der Waals surface area contributed by atoms with E-state index in [1.807, 2.05) is 12.1 Å². The van der Waals surface area contributed by atoms with Crippen molar-refractivity contribution in [3.05, 3.63) is 65.9 Å². The van der Waals surface area contributed by atoms with Crippen molar-refractivity contribution >= 4 is 27.6 Å². The summed E-state index contributed by atoms with van der Waals surface area (Å²) in [5.41, 5.74) is 4.77. The predicted octanol–water partition coefficient (Wildman–Crippen LogP) is 5.55. The number of nitrogens with zero attached hydrogens (tertiary/aromatic N) is 1. The number of para-hydroxylation sites is 1. The summed E-state index contributed by atoms with van der Waals surface area (Å²) in [6.45, 7) is 3.04. The van der Waals surface area contributed by atoms with Gasteiger partial charge >= 0.3 is 0 Å². The van der Waals surface area contributed by atoms with Gasteiger partial charge in [0.1, 0.15) is 11.6 Å². The summed E-state index contributed by atoms with van der Waals surface area (Å²) in [6, 6.07) is 17.7. The second kappa shape index (κ2) is 8.60. The highest BCUT2D eigenvalue weighted by molar-refractivity contribution is 5.85. The summed E-state index contributed by atoms with van der Waals surface area (Å²) < 4.78 is 5.36. The van der Waals surface area contributed by atoms with Gasteiger partial charge in [0.15, 0.2) is 0 Å². The van der Waals surface area contributed by atoms with Crippen LogP contribution in [0.15, 0.2) is 54.7 Å². The van der Waals surface area contributed by atoms with Crippen LogP contribution in [-0.2, 0) is 6.54 Å². The van der Waals surface area contributed by atoms with Gasteiger partial charge in [-0.05, 0) is 74.1 Å². The van der Waals surface area contributed by atoms with Crippen molar-refractivity contribution < 1.29 is 4.74 Å². The van der Waals surface area contributed by atoms with Crippen molar-refractivity contribution in [3.63, 3.8) is 0 Å². The number of aryl methyl sites for hydroxylation is 1. The van der Waals surface area contributed by atoms with Gasteiger partial charge in [-0.2, -0.15) is 0 Å². The Balaban J connectivity index is 1.24. The Bertz CT molecular complexity index is 1200. The van der Waals surface area contributed by atoms with E-state index < -0.39 is 0 Å². The molecule has 0 radical (unpaired) electrons. The number of methoxy groups -OCH3 is 1. The van der Waals surface area contributed by atoms with E-state index in [4.69, 9.17) is 9.72 Å². The molecule has 1 aliphatic carbocycles. The van der Waals surface area contributed by atoms with E-state index in [1.165, 1.54) is 41.3 Å². The van der Waals surface area contributed by atoms with Gasteiger partial charge in [0.2, 0.25) is 0 Å². The van der Waals surface area contributed by atoms with Gasteiger partial charge in [-0.3, -0.25) is 0 Å². The Morgan fingerprint density at radius 2 is 1.94 bits per heavy atom. The third-order valence-electron chi connectivity index (χ3n) is 6.51. The maximum Gasteiger partial charge on any atom is 0.127 e.